The average Bonchev–Trinajstić information content (AvgIpc) is 2.56. The van der Waals surface area contributed by atoms with E-state index in [0.29, 0.717) is 32.0 Å². The van der Waals surface area contributed by atoms with Gasteiger partial charge in [0.1, 0.15) is 11.4 Å². The van der Waals surface area contributed by atoms with E-state index in [-0.39, 0.29) is 24.0 Å². The number of hydrogen-bond donors (Lipinski definition) is 1. The zero-order chi connectivity index (χ0) is 17.9. The van der Waals surface area contributed by atoms with Crippen molar-refractivity contribution in [2.75, 3.05) is 39.1 Å². The van der Waals surface area contributed by atoms with Crippen LogP contribution in [-0.2, 0) is 19.6 Å². The van der Waals surface area contributed by atoms with Crippen LogP contribution < -0.4 is 9.46 Å². The summed E-state index contributed by atoms with van der Waals surface area (Å²) in [6.45, 7) is 2.11. The molecule has 1 atom stereocenters. The summed E-state index contributed by atoms with van der Waals surface area (Å²) in [5, 5.41) is 0. The van der Waals surface area contributed by atoms with Crippen LogP contribution in [0, 0.1) is 5.92 Å². The van der Waals surface area contributed by atoms with Gasteiger partial charge in [0, 0.05) is 6.54 Å². The Morgan fingerprint density at radius 2 is 2.08 bits per heavy atom. The molecule has 0 aromatic heterocycles. The fourth-order valence-corrected chi connectivity index (χ4v) is 3.71. The zero-order valence-electron chi connectivity index (χ0n) is 14.3. The third-order valence-electron chi connectivity index (χ3n) is 4.68. The smallest absolute Gasteiger partial charge is 0.260 e. The molecule has 3 rings (SSSR count). The van der Waals surface area contributed by atoms with Crippen LogP contribution in [-0.4, -0.2) is 63.9 Å². The van der Waals surface area contributed by atoms with Crippen molar-refractivity contribution in [1.29, 1.82) is 0 Å². The second-order valence-corrected chi connectivity index (χ2v) is 8.70. The lowest BCUT2D eigenvalue weighted by Gasteiger charge is -2.52. The summed E-state index contributed by atoms with van der Waals surface area (Å²) in [4.78, 5) is 13.9. The van der Waals surface area contributed by atoms with Crippen LogP contribution in [0.15, 0.2) is 30.3 Å². The third-order valence-corrected chi connectivity index (χ3v) is 5.37. The molecule has 8 heteroatoms. The Morgan fingerprint density at radius 1 is 1.36 bits per heavy atom. The van der Waals surface area contributed by atoms with E-state index in [1.54, 1.807) is 4.90 Å². The first-order valence-electron chi connectivity index (χ1n) is 8.39. The lowest BCUT2D eigenvalue weighted by molar-refractivity contribution is -0.189. The molecule has 1 amide bonds. The van der Waals surface area contributed by atoms with Crippen LogP contribution in [0.3, 0.4) is 0 Å². The van der Waals surface area contributed by atoms with Gasteiger partial charge in [-0.1, -0.05) is 18.2 Å². The fourth-order valence-electron chi connectivity index (χ4n) is 3.18. The number of sulfonamides is 1. The molecule has 1 N–H and O–H groups in total. The van der Waals surface area contributed by atoms with Gasteiger partial charge in [-0.3, -0.25) is 4.79 Å². The Balaban J connectivity index is 1.38. The molecule has 0 bridgehead atoms. The van der Waals surface area contributed by atoms with Gasteiger partial charge in [-0.05, 0) is 30.9 Å². The highest BCUT2D eigenvalue weighted by Crippen LogP contribution is 2.35. The standard InChI is InChI=1S/C17H24N2O5S/c1-25(21,22)18-9-14-7-8-17(24-10-14)12-19(13-17)16(20)11-23-15-5-3-2-4-6-15/h2-6,14,18H,7-13H2,1H3. The number of nitrogens with zero attached hydrogens (tertiary/aromatic N) is 1. The van der Waals surface area contributed by atoms with Gasteiger partial charge in [-0.2, -0.15) is 0 Å². The van der Waals surface area contributed by atoms with Crippen molar-refractivity contribution in [3.8, 4) is 5.75 Å². The summed E-state index contributed by atoms with van der Waals surface area (Å²) < 4.78 is 36.2. The number of nitrogens with one attached hydrogen (secondary N) is 1. The van der Waals surface area contributed by atoms with E-state index < -0.39 is 10.0 Å². The minimum Gasteiger partial charge on any atom is -0.484 e. The fraction of sp³-hybridized carbons (Fsp3) is 0.588. The Bertz CT molecular complexity index is 691. The number of para-hydroxylation sites is 1. The Morgan fingerprint density at radius 3 is 2.68 bits per heavy atom. The van der Waals surface area contributed by atoms with E-state index in [1.807, 2.05) is 30.3 Å². The lowest BCUT2D eigenvalue weighted by Crippen LogP contribution is -2.67. The lowest BCUT2D eigenvalue weighted by atomic mass is 9.83. The number of benzene rings is 1. The van der Waals surface area contributed by atoms with Gasteiger partial charge >= 0.3 is 0 Å². The normalized spacial score (nSPS) is 22.4. The topological polar surface area (TPSA) is 84.9 Å². The largest absolute Gasteiger partial charge is 0.484 e. The molecule has 7 nitrogen and oxygen atoms in total. The van der Waals surface area contributed by atoms with Gasteiger partial charge in [-0.25, -0.2) is 13.1 Å². The molecule has 2 saturated heterocycles. The number of carbonyl (C=O) groups is 1. The Labute approximate surface area is 148 Å². The maximum absolute atomic E-state index is 12.2. The van der Waals surface area contributed by atoms with Gasteiger partial charge in [0.2, 0.25) is 10.0 Å². The van der Waals surface area contributed by atoms with E-state index in [2.05, 4.69) is 4.72 Å². The van der Waals surface area contributed by atoms with Gasteiger partial charge < -0.3 is 14.4 Å². The molecule has 2 heterocycles. The monoisotopic (exact) mass is 368 g/mol. The summed E-state index contributed by atoms with van der Waals surface area (Å²) in [5.41, 5.74) is -0.260. The van der Waals surface area contributed by atoms with E-state index in [0.717, 1.165) is 19.1 Å². The van der Waals surface area contributed by atoms with Gasteiger partial charge in [-0.15, -0.1) is 0 Å². The number of ether oxygens (including phenoxy) is 2. The van der Waals surface area contributed by atoms with Crippen LogP contribution >= 0.6 is 0 Å². The van der Waals surface area contributed by atoms with Crippen LogP contribution in [0.2, 0.25) is 0 Å². The predicted octanol–water partition coefficient (Wildman–Crippen LogP) is 0.622. The van der Waals surface area contributed by atoms with Crippen LogP contribution in [0.5, 0.6) is 5.75 Å². The van der Waals surface area contributed by atoms with Crippen molar-refractivity contribution in [3.63, 3.8) is 0 Å². The minimum absolute atomic E-state index is 0.0288. The second kappa shape index (κ2) is 7.31. The van der Waals surface area contributed by atoms with Crippen molar-refractivity contribution < 1.29 is 22.7 Å². The van der Waals surface area contributed by atoms with E-state index >= 15 is 0 Å². The molecular weight excluding hydrogens is 344 g/mol. The van der Waals surface area contributed by atoms with Gasteiger partial charge in [0.05, 0.1) is 26.0 Å². The highest BCUT2D eigenvalue weighted by molar-refractivity contribution is 7.88. The van der Waals surface area contributed by atoms with Gasteiger partial charge in [0.15, 0.2) is 6.61 Å². The van der Waals surface area contributed by atoms with Crippen molar-refractivity contribution in [1.82, 2.24) is 9.62 Å². The summed E-state index contributed by atoms with van der Waals surface area (Å²) in [6.07, 6.45) is 2.89. The maximum Gasteiger partial charge on any atom is 0.260 e. The third kappa shape index (κ3) is 4.93. The predicted molar refractivity (Wildman–Crippen MR) is 92.8 cm³/mol. The molecule has 1 spiro atoms. The van der Waals surface area contributed by atoms with Gasteiger partial charge in [0.25, 0.3) is 5.91 Å². The highest BCUT2D eigenvalue weighted by atomic mass is 32.2. The van der Waals surface area contributed by atoms with Crippen LogP contribution in [0.1, 0.15) is 12.8 Å². The molecule has 2 fully saturated rings. The molecule has 1 aromatic rings. The average molecular weight is 368 g/mol. The summed E-state index contributed by atoms with van der Waals surface area (Å²) in [7, 11) is -3.17. The SMILES string of the molecule is CS(=O)(=O)NCC1CCC2(CN(C(=O)COc3ccccc3)C2)OC1. The first-order valence-corrected chi connectivity index (χ1v) is 10.3. The van der Waals surface area contributed by atoms with Crippen LogP contribution in [0.4, 0.5) is 0 Å². The molecule has 2 aliphatic rings. The molecule has 1 aromatic carbocycles. The highest BCUT2D eigenvalue weighted by Gasteiger charge is 2.48. The van der Waals surface area contributed by atoms with Crippen molar-refractivity contribution in [2.24, 2.45) is 5.92 Å². The second-order valence-electron chi connectivity index (χ2n) is 6.87. The van der Waals surface area contributed by atoms with E-state index in [1.165, 1.54) is 0 Å². The number of rotatable bonds is 6. The minimum atomic E-state index is -3.17. The summed E-state index contributed by atoms with van der Waals surface area (Å²) >= 11 is 0. The Hall–Kier alpha value is -1.64. The molecule has 25 heavy (non-hydrogen) atoms. The number of amides is 1. The first kappa shape index (κ1) is 18.2. The molecule has 2 aliphatic heterocycles. The van der Waals surface area contributed by atoms with Crippen molar-refractivity contribution >= 4 is 15.9 Å². The summed E-state index contributed by atoms with van der Waals surface area (Å²) in [5.74, 6) is 0.826. The molecule has 0 radical (unpaired) electrons. The first-order chi connectivity index (χ1) is 11.9. The van der Waals surface area contributed by atoms with Crippen molar-refractivity contribution in [2.45, 2.75) is 18.4 Å². The molecule has 138 valence electrons. The number of likely N-dealkylation sites (tertiary alicyclic amines) is 1. The number of hydrogen-bond acceptors (Lipinski definition) is 5. The summed E-state index contributed by atoms with van der Waals surface area (Å²) in [6, 6.07) is 9.26. The molecule has 0 aliphatic carbocycles. The molecule has 0 saturated carbocycles. The quantitative estimate of drug-likeness (QED) is 0.796. The van der Waals surface area contributed by atoms with E-state index in [4.69, 9.17) is 9.47 Å². The Kier molecular flexibility index (Phi) is 5.31. The number of carbonyl (C=O) groups excluding carboxylic acids is 1. The van der Waals surface area contributed by atoms with E-state index in [9.17, 15) is 13.2 Å². The molecule has 1 unspecified atom stereocenters. The van der Waals surface area contributed by atoms with Crippen molar-refractivity contribution in [3.05, 3.63) is 30.3 Å². The maximum atomic E-state index is 12.2. The zero-order valence-corrected chi connectivity index (χ0v) is 15.1. The molecular formula is C17H24N2O5S. The van der Waals surface area contributed by atoms with Crippen LogP contribution in [0.25, 0.3) is 0 Å².